The molecule has 2 heterocycles. The van der Waals surface area contributed by atoms with Gasteiger partial charge in [0.25, 0.3) is 0 Å². The highest BCUT2D eigenvalue weighted by Crippen LogP contribution is 2.26. The number of benzene rings is 1. The lowest BCUT2D eigenvalue weighted by Gasteiger charge is -2.21. The third-order valence-corrected chi connectivity index (χ3v) is 4.34. The van der Waals surface area contributed by atoms with E-state index in [0.717, 1.165) is 30.4 Å². The smallest absolute Gasteiger partial charge is 0.193 e. The average Bonchev–Trinajstić information content (AvgIpc) is 3.06. The van der Waals surface area contributed by atoms with Crippen molar-refractivity contribution in [2.45, 2.75) is 25.8 Å². The molecule has 1 aromatic carbocycles. The highest BCUT2D eigenvalue weighted by molar-refractivity contribution is 5.80. The number of pyridine rings is 1. The van der Waals surface area contributed by atoms with Crippen LogP contribution in [0, 0.1) is 6.92 Å². The van der Waals surface area contributed by atoms with Gasteiger partial charge < -0.3 is 10.2 Å². The fourth-order valence-corrected chi connectivity index (χ4v) is 3.15. The Bertz CT molecular complexity index is 666. The SMILES string of the molecule is CN=C(NCc1cccc(C)n1)N1CCC(c2ccccc2)C1. The first kappa shape index (κ1) is 15.5. The molecule has 1 saturated heterocycles. The lowest BCUT2D eigenvalue weighted by Crippen LogP contribution is -2.39. The Morgan fingerprint density at radius 1 is 1.22 bits per heavy atom. The lowest BCUT2D eigenvalue weighted by molar-refractivity contribution is 0.485. The zero-order valence-electron chi connectivity index (χ0n) is 13.9. The normalized spacial score (nSPS) is 18.3. The van der Waals surface area contributed by atoms with Crippen LogP contribution < -0.4 is 5.32 Å². The van der Waals surface area contributed by atoms with Crippen LogP contribution >= 0.6 is 0 Å². The highest BCUT2D eigenvalue weighted by atomic mass is 15.3. The summed E-state index contributed by atoms with van der Waals surface area (Å²) in [6, 6.07) is 16.9. The standard InChI is InChI=1S/C19H24N4/c1-15-7-6-10-18(22-15)13-21-19(20-2)23-12-11-17(14-23)16-8-4-3-5-9-16/h3-10,17H,11-14H2,1-2H3,(H,20,21). The van der Waals surface area contributed by atoms with Crippen LogP contribution in [0.5, 0.6) is 0 Å². The molecular formula is C19H24N4. The van der Waals surface area contributed by atoms with Gasteiger partial charge in [-0.2, -0.15) is 0 Å². The van der Waals surface area contributed by atoms with Gasteiger partial charge in [0.2, 0.25) is 0 Å². The number of aryl methyl sites for hydroxylation is 1. The fourth-order valence-electron chi connectivity index (χ4n) is 3.15. The molecular weight excluding hydrogens is 284 g/mol. The van der Waals surface area contributed by atoms with Gasteiger partial charge in [-0.25, -0.2) is 0 Å². The molecule has 0 amide bonds. The maximum absolute atomic E-state index is 4.53. The summed E-state index contributed by atoms with van der Waals surface area (Å²) in [6.45, 7) is 4.79. The van der Waals surface area contributed by atoms with Crippen molar-refractivity contribution in [2.24, 2.45) is 4.99 Å². The molecule has 1 unspecified atom stereocenters. The molecule has 0 saturated carbocycles. The summed E-state index contributed by atoms with van der Waals surface area (Å²) in [5.41, 5.74) is 3.51. The van der Waals surface area contributed by atoms with Gasteiger partial charge in [0.15, 0.2) is 5.96 Å². The van der Waals surface area contributed by atoms with E-state index in [1.807, 2.05) is 32.2 Å². The molecule has 1 N–H and O–H groups in total. The summed E-state index contributed by atoms with van der Waals surface area (Å²) >= 11 is 0. The van der Waals surface area contributed by atoms with Crippen molar-refractivity contribution < 1.29 is 0 Å². The summed E-state index contributed by atoms with van der Waals surface area (Å²) in [4.78, 5) is 11.3. The van der Waals surface area contributed by atoms with Crippen LogP contribution in [0.3, 0.4) is 0 Å². The predicted octanol–water partition coefficient (Wildman–Crippen LogP) is 2.95. The largest absolute Gasteiger partial charge is 0.351 e. The van der Waals surface area contributed by atoms with Crippen molar-refractivity contribution in [3.8, 4) is 0 Å². The van der Waals surface area contributed by atoms with Crippen LogP contribution in [0.25, 0.3) is 0 Å². The minimum absolute atomic E-state index is 0.590. The molecule has 4 nitrogen and oxygen atoms in total. The van der Waals surface area contributed by atoms with E-state index >= 15 is 0 Å². The number of hydrogen-bond acceptors (Lipinski definition) is 2. The van der Waals surface area contributed by atoms with E-state index in [0.29, 0.717) is 12.5 Å². The second-order valence-electron chi connectivity index (χ2n) is 6.01. The van der Waals surface area contributed by atoms with Gasteiger partial charge in [-0.3, -0.25) is 9.98 Å². The number of nitrogens with one attached hydrogen (secondary N) is 1. The molecule has 1 aliphatic heterocycles. The molecule has 4 heteroatoms. The van der Waals surface area contributed by atoms with E-state index in [4.69, 9.17) is 0 Å². The van der Waals surface area contributed by atoms with Crippen LogP contribution in [0.1, 0.15) is 29.3 Å². The van der Waals surface area contributed by atoms with Crippen LogP contribution in [-0.4, -0.2) is 36.0 Å². The summed E-state index contributed by atoms with van der Waals surface area (Å²) in [5, 5.41) is 3.44. The molecule has 0 radical (unpaired) electrons. The maximum atomic E-state index is 4.53. The molecule has 0 spiro atoms. The quantitative estimate of drug-likeness (QED) is 0.700. The van der Waals surface area contributed by atoms with Crippen molar-refractivity contribution in [3.05, 3.63) is 65.5 Å². The molecule has 1 fully saturated rings. The Balaban J connectivity index is 1.59. The van der Waals surface area contributed by atoms with E-state index in [1.165, 1.54) is 12.0 Å². The number of nitrogens with zero attached hydrogens (tertiary/aromatic N) is 3. The Morgan fingerprint density at radius 3 is 2.78 bits per heavy atom. The summed E-state index contributed by atoms with van der Waals surface area (Å²) < 4.78 is 0. The Morgan fingerprint density at radius 2 is 2.04 bits per heavy atom. The van der Waals surface area contributed by atoms with Crippen LogP contribution in [0.4, 0.5) is 0 Å². The number of aliphatic imine (C=N–C) groups is 1. The van der Waals surface area contributed by atoms with E-state index in [9.17, 15) is 0 Å². The Kier molecular flexibility index (Phi) is 4.91. The number of hydrogen-bond donors (Lipinski definition) is 1. The minimum atomic E-state index is 0.590. The zero-order valence-corrected chi connectivity index (χ0v) is 13.9. The summed E-state index contributed by atoms with van der Waals surface area (Å²) in [5.74, 6) is 1.55. The molecule has 3 rings (SSSR count). The third kappa shape index (κ3) is 3.89. The van der Waals surface area contributed by atoms with Gasteiger partial charge in [0, 0.05) is 31.7 Å². The van der Waals surface area contributed by atoms with Gasteiger partial charge in [-0.1, -0.05) is 36.4 Å². The van der Waals surface area contributed by atoms with Gasteiger partial charge >= 0.3 is 0 Å². The second kappa shape index (κ2) is 7.27. The van der Waals surface area contributed by atoms with Crippen molar-refractivity contribution in [1.82, 2.24) is 15.2 Å². The van der Waals surface area contributed by atoms with E-state index < -0.39 is 0 Å². The van der Waals surface area contributed by atoms with Crippen molar-refractivity contribution >= 4 is 5.96 Å². The number of likely N-dealkylation sites (tertiary alicyclic amines) is 1. The van der Waals surface area contributed by atoms with E-state index in [1.54, 1.807) is 0 Å². The average molecular weight is 308 g/mol. The maximum Gasteiger partial charge on any atom is 0.193 e. The molecule has 1 aromatic heterocycles. The molecule has 2 aromatic rings. The lowest BCUT2D eigenvalue weighted by atomic mass is 9.99. The number of aromatic nitrogens is 1. The number of rotatable bonds is 3. The van der Waals surface area contributed by atoms with E-state index in [-0.39, 0.29) is 0 Å². The van der Waals surface area contributed by atoms with Gasteiger partial charge in [0.05, 0.1) is 12.2 Å². The first-order valence-corrected chi connectivity index (χ1v) is 8.19. The summed E-state index contributed by atoms with van der Waals surface area (Å²) in [7, 11) is 1.85. The van der Waals surface area contributed by atoms with Crippen LogP contribution in [0.2, 0.25) is 0 Å². The first-order valence-electron chi connectivity index (χ1n) is 8.19. The minimum Gasteiger partial charge on any atom is -0.351 e. The fraction of sp³-hybridized carbons (Fsp3) is 0.368. The Hall–Kier alpha value is -2.36. The molecule has 0 aliphatic carbocycles. The van der Waals surface area contributed by atoms with Gasteiger partial charge in [-0.15, -0.1) is 0 Å². The van der Waals surface area contributed by atoms with Crippen LogP contribution in [0.15, 0.2) is 53.5 Å². The van der Waals surface area contributed by atoms with E-state index in [2.05, 4.69) is 50.5 Å². The number of guanidine groups is 1. The highest BCUT2D eigenvalue weighted by Gasteiger charge is 2.25. The second-order valence-corrected chi connectivity index (χ2v) is 6.01. The van der Waals surface area contributed by atoms with Crippen molar-refractivity contribution in [1.29, 1.82) is 0 Å². The Labute approximate surface area is 138 Å². The summed E-state index contributed by atoms with van der Waals surface area (Å²) in [6.07, 6.45) is 1.17. The monoisotopic (exact) mass is 308 g/mol. The predicted molar refractivity (Wildman–Crippen MR) is 94.5 cm³/mol. The molecule has 23 heavy (non-hydrogen) atoms. The molecule has 0 bridgehead atoms. The molecule has 1 atom stereocenters. The van der Waals surface area contributed by atoms with Gasteiger partial charge in [0.1, 0.15) is 0 Å². The van der Waals surface area contributed by atoms with Gasteiger partial charge in [-0.05, 0) is 31.0 Å². The third-order valence-electron chi connectivity index (χ3n) is 4.34. The molecule has 1 aliphatic rings. The van der Waals surface area contributed by atoms with Crippen molar-refractivity contribution in [2.75, 3.05) is 20.1 Å². The van der Waals surface area contributed by atoms with Crippen molar-refractivity contribution in [3.63, 3.8) is 0 Å². The topological polar surface area (TPSA) is 40.5 Å². The first-order chi connectivity index (χ1) is 11.3. The van der Waals surface area contributed by atoms with Crippen LogP contribution in [-0.2, 0) is 6.54 Å². The zero-order chi connectivity index (χ0) is 16.1. The molecule has 120 valence electrons.